The summed E-state index contributed by atoms with van der Waals surface area (Å²) in [5.41, 5.74) is 5.95. The second-order valence-electron chi connectivity index (χ2n) is 4.07. The zero-order valence-corrected chi connectivity index (χ0v) is 12.7. The van der Waals surface area contributed by atoms with Crippen molar-refractivity contribution in [3.8, 4) is 0 Å². The fourth-order valence-corrected chi connectivity index (χ4v) is 2.98. The molecule has 2 aromatic carbocycles. The first-order chi connectivity index (χ1) is 9.42. The molecule has 106 valence electrons. The molecule has 0 saturated carbocycles. The van der Waals surface area contributed by atoms with Crippen LogP contribution >= 0.6 is 15.9 Å². The molecule has 7 heteroatoms. The number of halogens is 2. The highest BCUT2D eigenvalue weighted by Gasteiger charge is 2.16. The van der Waals surface area contributed by atoms with Crippen molar-refractivity contribution in [1.82, 2.24) is 0 Å². The molecule has 0 fully saturated rings. The van der Waals surface area contributed by atoms with Gasteiger partial charge < -0.3 is 5.73 Å². The van der Waals surface area contributed by atoms with Gasteiger partial charge in [0.2, 0.25) is 0 Å². The molecule has 0 amide bonds. The van der Waals surface area contributed by atoms with E-state index in [-0.39, 0.29) is 17.0 Å². The summed E-state index contributed by atoms with van der Waals surface area (Å²) in [6.45, 7) is -0.0620. The van der Waals surface area contributed by atoms with Crippen molar-refractivity contribution in [2.75, 3.05) is 4.72 Å². The fraction of sp³-hybridized carbons (Fsp3) is 0.0769. The van der Waals surface area contributed by atoms with Crippen molar-refractivity contribution < 1.29 is 12.8 Å². The van der Waals surface area contributed by atoms with Crippen LogP contribution in [0.15, 0.2) is 51.8 Å². The van der Waals surface area contributed by atoms with E-state index >= 15 is 0 Å². The Hall–Kier alpha value is -1.44. The zero-order chi connectivity index (χ0) is 14.8. The molecule has 4 nitrogen and oxygen atoms in total. The van der Waals surface area contributed by atoms with Gasteiger partial charge in [0.15, 0.2) is 0 Å². The summed E-state index contributed by atoms with van der Waals surface area (Å²) >= 11 is 3.26. The fourth-order valence-electron chi connectivity index (χ4n) is 1.61. The summed E-state index contributed by atoms with van der Waals surface area (Å²) in [7, 11) is -3.76. The molecule has 0 aromatic heterocycles. The van der Waals surface area contributed by atoms with E-state index in [0.717, 1.165) is 10.5 Å². The quantitative estimate of drug-likeness (QED) is 0.882. The number of sulfonamides is 1. The Bertz CT molecular complexity index is 718. The third-order valence-electron chi connectivity index (χ3n) is 2.64. The van der Waals surface area contributed by atoms with Gasteiger partial charge in [-0.2, -0.15) is 0 Å². The molecule has 0 aliphatic heterocycles. The highest BCUT2D eigenvalue weighted by molar-refractivity contribution is 9.10. The second kappa shape index (κ2) is 5.90. The summed E-state index contributed by atoms with van der Waals surface area (Å²) in [6.07, 6.45) is 0. The van der Waals surface area contributed by atoms with Crippen LogP contribution < -0.4 is 10.5 Å². The van der Waals surface area contributed by atoms with Gasteiger partial charge in [-0.3, -0.25) is 4.72 Å². The molecule has 0 aliphatic rings. The van der Waals surface area contributed by atoms with E-state index in [1.807, 2.05) is 0 Å². The Balaban J connectivity index is 2.33. The Kier molecular flexibility index (Phi) is 4.42. The minimum atomic E-state index is -3.76. The van der Waals surface area contributed by atoms with Gasteiger partial charge in [-0.05, 0) is 42.5 Å². The first-order valence-electron chi connectivity index (χ1n) is 5.69. The van der Waals surface area contributed by atoms with Crippen LogP contribution in [-0.2, 0) is 16.6 Å². The van der Waals surface area contributed by atoms with Gasteiger partial charge in [0.1, 0.15) is 5.82 Å². The molecule has 0 unspecified atom stereocenters. The molecule has 20 heavy (non-hydrogen) atoms. The Morgan fingerprint density at radius 1 is 1.15 bits per heavy atom. The zero-order valence-electron chi connectivity index (χ0n) is 10.3. The van der Waals surface area contributed by atoms with Crippen molar-refractivity contribution in [3.05, 3.63) is 58.3 Å². The van der Waals surface area contributed by atoms with Gasteiger partial charge in [0.05, 0.1) is 4.90 Å². The van der Waals surface area contributed by atoms with E-state index in [1.54, 1.807) is 24.3 Å². The number of rotatable bonds is 4. The second-order valence-corrected chi connectivity index (χ2v) is 6.67. The number of hydrogen-bond donors (Lipinski definition) is 2. The minimum absolute atomic E-state index is 0.0257. The summed E-state index contributed by atoms with van der Waals surface area (Å²) in [4.78, 5) is -0.0257. The summed E-state index contributed by atoms with van der Waals surface area (Å²) in [5.74, 6) is -0.518. The lowest BCUT2D eigenvalue weighted by Gasteiger charge is -2.09. The van der Waals surface area contributed by atoms with Gasteiger partial charge in [0, 0.05) is 22.3 Å². The van der Waals surface area contributed by atoms with Crippen LogP contribution in [0.25, 0.3) is 0 Å². The monoisotopic (exact) mass is 358 g/mol. The largest absolute Gasteiger partial charge is 0.326 e. The lowest BCUT2D eigenvalue weighted by atomic mass is 10.2. The number of anilines is 1. The average molecular weight is 359 g/mol. The molecule has 3 N–H and O–H groups in total. The van der Waals surface area contributed by atoms with E-state index in [9.17, 15) is 12.8 Å². The van der Waals surface area contributed by atoms with Gasteiger partial charge in [0.25, 0.3) is 10.0 Å². The van der Waals surface area contributed by atoms with Crippen LogP contribution in [0.4, 0.5) is 10.1 Å². The van der Waals surface area contributed by atoms with Gasteiger partial charge in [-0.1, -0.05) is 15.9 Å². The molecule has 0 spiro atoms. The van der Waals surface area contributed by atoms with Crippen molar-refractivity contribution in [1.29, 1.82) is 0 Å². The third kappa shape index (κ3) is 3.36. The Morgan fingerprint density at radius 3 is 2.40 bits per heavy atom. The molecule has 2 rings (SSSR count). The molecule has 0 radical (unpaired) electrons. The molecule has 0 saturated heterocycles. The van der Waals surface area contributed by atoms with E-state index in [1.165, 1.54) is 12.1 Å². The lowest BCUT2D eigenvalue weighted by Crippen LogP contribution is -2.14. The van der Waals surface area contributed by atoms with Crippen LogP contribution in [-0.4, -0.2) is 8.42 Å². The number of nitrogens with two attached hydrogens (primary N) is 1. The highest BCUT2D eigenvalue weighted by Crippen LogP contribution is 2.20. The maximum atomic E-state index is 13.3. The van der Waals surface area contributed by atoms with Gasteiger partial charge in [-0.25, -0.2) is 12.8 Å². The smallest absolute Gasteiger partial charge is 0.261 e. The summed E-state index contributed by atoms with van der Waals surface area (Å²) in [5, 5.41) is 0. The Labute approximate surface area is 125 Å². The summed E-state index contributed by atoms with van der Waals surface area (Å²) in [6, 6.07) is 10.2. The highest BCUT2D eigenvalue weighted by atomic mass is 79.9. The topological polar surface area (TPSA) is 72.2 Å². The van der Waals surface area contributed by atoms with E-state index in [2.05, 4.69) is 20.7 Å². The first-order valence-corrected chi connectivity index (χ1v) is 7.97. The number of hydrogen-bond acceptors (Lipinski definition) is 3. The SMILES string of the molecule is NCc1cc(S(=O)(=O)Nc2ccc(Br)cc2)ccc1F. The van der Waals surface area contributed by atoms with Crippen LogP contribution in [0, 0.1) is 5.82 Å². The first kappa shape index (κ1) is 15.0. The normalized spacial score (nSPS) is 11.3. The number of nitrogens with one attached hydrogen (secondary N) is 1. The van der Waals surface area contributed by atoms with Crippen molar-refractivity contribution >= 4 is 31.6 Å². The average Bonchev–Trinajstić information content (AvgIpc) is 2.41. The van der Waals surface area contributed by atoms with Crippen molar-refractivity contribution in [2.24, 2.45) is 5.73 Å². The van der Waals surface area contributed by atoms with Crippen LogP contribution in [0.1, 0.15) is 5.56 Å². The van der Waals surface area contributed by atoms with Gasteiger partial charge >= 0.3 is 0 Å². The Morgan fingerprint density at radius 2 is 1.80 bits per heavy atom. The minimum Gasteiger partial charge on any atom is -0.326 e. The molecule has 0 atom stereocenters. The third-order valence-corrected chi connectivity index (χ3v) is 4.55. The van der Waals surface area contributed by atoms with E-state index in [4.69, 9.17) is 5.73 Å². The van der Waals surface area contributed by atoms with Crippen molar-refractivity contribution in [3.63, 3.8) is 0 Å². The van der Waals surface area contributed by atoms with Crippen LogP contribution in [0.2, 0.25) is 0 Å². The molecular formula is C13H12BrFN2O2S. The van der Waals surface area contributed by atoms with Crippen molar-refractivity contribution in [2.45, 2.75) is 11.4 Å². The molecule has 0 heterocycles. The lowest BCUT2D eigenvalue weighted by molar-refractivity contribution is 0.596. The maximum absolute atomic E-state index is 13.3. The van der Waals surface area contributed by atoms with Crippen LogP contribution in [0.3, 0.4) is 0 Å². The number of benzene rings is 2. The molecule has 0 aliphatic carbocycles. The standard InChI is InChI=1S/C13H12BrFN2O2S/c14-10-1-3-11(4-2-10)17-20(18,19)12-5-6-13(15)9(7-12)8-16/h1-7,17H,8,16H2. The van der Waals surface area contributed by atoms with Crippen LogP contribution in [0.5, 0.6) is 0 Å². The van der Waals surface area contributed by atoms with Gasteiger partial charge in [-0.15, -0.1) is 0 Å². The molecule has 2 aromatic rings. The van der Waals surface area contributed by atoms with E-state index in [0.29, 0.717) is 5.69 Å². The predicted octanol–water partition coefficient (Wildman–Crippen LogP) is 2.85. The predicted molar refractivity (Wildman–Crippen MR) is 79.2 cm³/mol. The molecular weight excluding hydrogens is 347 g/mol. The maximum Gasteiger partial charge on any atom is 0.261 e. The van der Waals surface area contributed by atoms with E-state index < -0.39 is 15.8 Å². The molecule has 0 bridgehead atoms. The summed E-state index contributed by atoms with van der Waals surface area (Å²) < 4.78 is 40.9.